The number of ether oxygens (including phenoxy) is 1. The van der Waals surface area contributed by atoms with E-state index < -0.39 is 10.0 Å². The Morgan fingerprint density at radius 2 is 1.85 bits per heavy atom. The molecule has 3 aromatic rings. The van der Waals surface area contributed by atoms with Crippen LogP contribution in [0.3, 0.4) is 0 Å². The molecule has 26 heavy (non-hydrogen) atoms. The molecule has 6 nitrogen and oxygen atoms in total. The number of para-hydroxylation sites is 1. The number of rotatable bonds is 5. The summed E-state index contributed by atoms with van der Waals surface area (Å²) in [5.74, 6) is -0.224. The second-order valence-electron chi connectivity index (χ2n) is 5.99. The summed E-state index contributed by atoms with van der Waals surface area (Å²) in [7, 11) is -2.29. The Balaban J connectivity index is 1.84. The van der Waals surface area contributed by atoms with Gasteiger partial charge >= 0.3 is 0 Å². The Labute approximate surface area is 150 Å². The van der Waals surface area contributed by atoms with E-state index in [0.717, 1.165) is 5.56 Å². The molecule has 0 atom stereocenters. The van der Waals surface area contributed by atoms with Crippen molar-refractivity contribution in [1.82, 2.24) is 0 Å². The first-order valence-corrected chi connectivity index (χ1v) is 9.46. The summed E-state index contributed by atoms with van der Waals surface area (Å²) in [6, 6.07) is 15.3. The van der Waals surface area contributed by atoms with Crippen molar-refractivity contribution in [3.8, 4) is 0 Å². The number of methoxy groups -OCH3 is 1. The minimum Gasteiger partial charge on any atom is -0.380 e. The van der Waals surface area contributed by atoms with Crippen molar-refractivity contribution >= 4 is 38.1 Å². The van der Waals surface area contributed by atoms with Crippen LogP contribution in [0.1, 0.15) is 15.9 Å². The van der Waals surface area contributed by atoms with Crippen molar-refractivity contribution in [3.05, 3.63) is 65.7 Å². The Hall–Kier alpha value is -2.90. The number of hydrogen-bond acceptors (Lipinski definition) is 4. The lowest BCUT2D eigenvalue weighted by molar-refractivity contribution is 0.103. The highest BCUT2D eigenvalue weighted by Crippen LogP contribution is 2.37. The van der Waals surface area contributed by atoms with Crippen molar-refractivity contribution in [3.63, 3.8) is 0 Å². The van der Waals surface area contributed by atoms with Crippen molar-refractivity contribution in [2.75, 3.05) is 17.1 Å². The molecule has 0 spiro atoms. The molecule has 4 rings (SSSR count). The number of nitrogens with one attached hydrogen (secondary N) is 2. The summed E-state index contributed by atoms with van der Waals surface area (Å²) in [5, 5.41) is 3.89. The molecule has 0 fully saturated rings. The van der Waals surface area contributed by atoms with E-state index in [-0.39, 0.29) is 10.8 Å². The summed E-state index contributed by atoms with van der Waals surface area (Å²) < 4.78 is 33.8. The molecule has 0 saturated carbocycles. The van der Waals surface area contributed by atoms with Gasteiger partial charge in [0.2, 0.25) is 0 Å². The van der Waals surface area contributed by atoms with E-state index in [1.807, 2.05) is 6.07 Å². The average Bonchev–Trinajstić information content (AvgIpc) is 2.95. The van der Waals surface area contributed by atoms with Crippen molar-refractivity contribution in [2.45, 2.75) is 11.5 Å². The first kappa shape index (κ1) is 16.6. The maximum atomic E-state index is 13.0. The fraction of sp³-hybridized carbons (Fsp3) is 0.105. The van der Waals surface area contributed by atoms with Crippen LogP contribution in [-0.2, 0) is 21.4 Å². The SMILES string of the molecule is COCc1ccccc1NS(=O)(=O)c1ccc2c3c(cccc13)C(=O)N2. The first-order valence-electron chi connectivity index (χ1n) is 7.98. The van der Waals surface area contributed by atoms with E-state index in [9.17, 15) is 13.2 Å². The molecule has 1 aliphatic rings. The van der Waals surface area contributed by atoms with Gasteiger partial charge in [-0.25, -0.2) is 8.42 Å². The van der Waals surface area contributed by atoms with Gasteiger partial charge in [-0.15, -0.1) is 0 Å². The molecule has 132 valence electrons. The summed E-state index contributed by atoms with van der Waals surface area (Å²) in [5.41, 5.74) is 2.31. The number of anilines is 2. The van der Waals surface area contributed by atoms with E-state index in [1.54, 1.807) is 49.6 Å². The van der Waals surface area contributed by atoms with Crippen LogP contribution in [0.4, 0.5) is 11.4 Å². The van der Waals surface area contributed by atoms with Crippen molar-refractivity contribution < 1.29 is 17.9 Å². The second-order valence-corrected chi connectivity index (χ2v) is 7.64. The average molecular weight is 368 g/mol. The smallest absolute Gasteiger partial charge is 0.262 e. The van der Waals surface area contributed by atoms with Gasteiger partial charge in [0, 0.05) is 34.7 Å². The molecule has 0 bridgehead atoms. The topological polar surface area (TPSA) is 84.5 Å². The molecule has 2 N–H and O–H groups in total. The van der Waals surface area contributed by atoms with Crippen LogP contribution >= 0.6 is 0 Å². The monoisotopic (exact) mass is 368 g/mol. The van der Waals surface area contributed by atoms with Crippen molar-refractivity contribution in [2.24, 2.45) is 0 Å². The number of benzene rings is 3. The third-order valence-electron chi connectivity index (χ3n) is 4.34. The fourth-order valence-corrected chi connectivity index (χ4v) is 4.50. The quantitative estimate of drug-likeness (QED) is 0.723. The van der Waals surface area contributed by atoms with Gasteiger partial charge in [0.1, 0.15) is 0 Å². The Kier molecular flexibility index (Phi) is 3.90. The van der Waals surface area contributed by atoms with Crippen LogP contribution in [0.5, 0.6) is 0 Å². The number of amides is 1. The first-order chi connectivity index (χ1) is 12.5. The largest absolute Gasteiger partial charge is 0.380 e. The van der Waals surface area contributed by atoms with Crippen LogP contribution in [0.25, 0.3) is 10.8 Å². The maximum absolute atomic E-state index is 13.0. The zero-order chi connectivity index (χ0) is 18.3. The van der Waals surface area contributed by atoms with Gasteiger partial charge in [0.25, 0.3) is 15.9 Å². The lowest BCUT2D eigenvalue weighted by Crippen LogP contribution is -2.15. The van der Waals surface area contributed by atoms with Crippen LogP contribution in [0.2, 0.25) is 0 Å². The standard InChI is InChI=1S/C19H16N2O4S/c1-25-11-12-5-2-3-8-15(12)21-26(23,24)17-10-9-16-18-13(17)6-4-7-14(18)19(22)20-16/h2-10,21H,11H2,1H3,(H,20,22). The number of hydrogen-bond donors (Lipinski definition) is 2. The normalized spacial score (nSPS) is 13.0. The zero-order valence-corrected chi connectivity index (χ0v) is 14.8. The molecular formula is C19H16N2O4S. The molecule has 0 unspecified atom stereocenters. The van der Waals surface area contributed by atoms with E-state index >= 15 is 0 Å². The molecule has 0 aliphatic carbocycles. The molecular weight excluding hydrogens is 352 g/mol. The molecule has 0 radical (unpaired) electrons. The summed E-state index contributed by atoms with van der Waals surface area (Å²) in [6.07, 6.45) is 0. The lowest BCUT2D eigenvalue weighted by Gasteiger charge is -2.14. The van der Waals surface area contributed by atoms with Gasteiger partial charge in [0.05, 0.1) is 17.2 Å². The van der Waals surface area contributed by atoms with E-state index in [1.165, 1.54) is 6.07 Å². The number of carbonyl (C=O) groups is 1. The molecule has 7 heteroatoms. The highest BCUT2D eigenvalue weighted by molar-refractivity contribution is 7.93. The maximum Gasteiger partial charge on any atom is 0.262 e. The van der Waals surface area contributed by atoms with E-state index in [2.05, 4.69) is 10.0 Å². The van der Waals surface area contributed by atoms with Gasteiger partial charge in [0.15, 0.2) is 0 Å². The minimum atomic E-state index is -3.85. The van der Waals surface area contributed by atoms with E-state index in [4.69, 9.17) is 4.74 Å². The summed E-state index contributed by atoms with van der Waals surface area (Å²) >= 11 is 0. The van der Waals surface area contributed by atoms with Crippen LogP contribution in [-0.4, -0.2) is 21.4 Å². The molecule has 0 aromatic heterocycles. The fourth-order valence-electron chi connectivity index (χ4n) is 3.20. The van der Waals surface area contributed by atoms with Crippen LogP contribution in [0, 0.1) is 0 Å². The van der Waals surface area contributed by atoms with Crippen molar-refractivity contribution in [1.29, 1.82) is 0 Å². The molecule has 1 aliphatic heterocycles. The summed E-state index contributed by atoms with van der Waals surface area (Å²) in [4.78, 5) is 12.2. The third-order valence-corrected chi connectivity index (χ3v) is 5.77. The van der Waals surface area contributed by atoms with Gasteiger partial charge in [-0.3, -0.25) is 9.52 Å². The van der Waals surface area contributed by atoms with Crippen LogP contribution < -0.4 is 10.0 Å². The molecule has 1 amide bonds. The van der Waals surface area contributed by atoms with Gasteiger partial charge in [-0.2, -0.15) is 0 Å². The minimum absolute atomic E-state index is 0.127. The highest BCUT2D eigenvalue weighted by Gasteiger charge is 2.26. The van der Waals surface area contributed by atoms with E-state index in [0.29, 0.717) is 34.3 Å². The Morgan fingerprint density at radius 3 is 2.65 bits per heavy atom. The Bertz CT molecular complexity index is 1140. The molecule has 1 heterocycles. The lowest BCUT2D eigenvalue weighted by atomic mass is 10.1. The summed E-state index contributed by atoms with van der Waals surface area (Å²) in [6.45, 7) is 0.293. The third kappa shape index (κ3) is 2.61. The van der Waals surface area contributed by atoms with Crippen LogP contribution in [0.15, 0.2) is 59.5 Å². The van der Waals surface area contributed by atoms with Gasteiger partial charge in [-0.1, -0.05) is 30.3 Å². The van der Waals surface area contributed by atoms with Gasteiger partial charge in [-0.05, 0) is 24.3 Å². The zero-order valence-electron chi connectivity index (χ0n) is 13.9. The number of carbonyl (C=O) groups excluding carboxylic acids is 1. The molecule has 3 aromatic carbocycles. The molecule has 0 saturated heterocycles. The predicted octanol–water partition coefficient (Wildman–Crippen LogP) is 3.35. The highest BCUT2D eigenvalue weighted by atomic mass is 32.2. The second kappa shape index (κ2) is 6.12. The number of sulfonamides is 1. The Morgan fingerprint density at radius 1 is 1.04 bits per heavy atom. The predicted molar refractivity (Wildman–Crippen MR) is 99.9 cm³/mol. The van der Waals surface area contributed by atoms with Gasteiger partial charge < -0.3 is 10.1 Å².